The van der Waals surface area contributed by atoms with Crippen molar-refractivity contribution in [3.63, 3.8) is 0 Å². The molecule has 2 fully saturated rings. The number of hydrogen-bond donors (Lipinski definition) is 1. The second-order valence-corrected chi connectivity index (χ2v) is 8.79. The van der Waals surface area contributed by atoms with Crippen LogP contribution in [0.5, 0.6) is 0 Å². The van der Waals surface area contributed by atoms with Gasteiger partial charge in [0.05, 0.1) is 5.69 Å². The van der Waals surface area contributed by atoms with Crippen molar-refractivity contribution in [3.8, 4) is 0 Å². The summed E-state index contributed by atoms with van der Waals surface area (Å²) in [5.74, 6) is 0.314. The van der Waals surface area contributed by atoms with Crippen LogP contribution in [0.3, 0.4) is 0 Å². The minimum atomic E-state index is -0.148. The summed E-state index contributed by atoms with van der Waals surface area (Å²) in [5.41, 5.74) is 2.00. The summed E-state index contributed by atoms with van der Waals surface area (Å²) < 4.78 is 1.74. The van der Waals surface area contributed by atoms with Gasteiger partial charge in [0.15, 0.2) is 0 Å². The zero-order valence-electron chi connectivity index (χ0n) is 19.2. The van der Waals surface area contributed by atoms with E-state index < -0.39 is 0 Å². The molecule has 9 heteroatoms. The highest BCUT2D eigenvalue weighted by Crippen LogP contribution is 2.14. The van der Waals surface area contributed by atoms with Crippen molar-refractivity contribution in [1.82, 2.24) is 24.7 Å². The number of amides is 1. The number of nitrogens with one attached hydrogen (secondary N) is 1. The highest BCUT2D eigenvalue weighted by molar-refractivity contribution is 5.95. The van der Waals surface area contributed by atoms with E-state index in [-0.39, 0.29) is 36.3 Å². The van der Waals surface area contributed by atoms with E-state index in [1.54, 1.807) is 4.57 Å². The Morgan fingerprint density at radius 3 is 2.70 bits per heavy atom. The average Bonchev–Trinajstić information content (AvgIpc) is 3.03. The zero-order chi connectivity index (χ0) is 21.6. The van der Waals surface area contributed by atoms with Crippen LogP contribution in [0.25, 0.3) is 0 Å². The fourth-order valence-electron chi connectivity index (χ4n) is 4.64. The summed E-state index contributed by atoms with van der Waals surface area (Å²) in [6.07, 6.45) is 6.82. The summed E-state index contributed by atoms with van der Waals surface area (Å²) in [6, 6.07) is 7.87. The Bertz CT molecular complexity index is 948. The molecule has 2 aromatic rings. The Morgan fingerprint density at radius 2 is 1.97 bits per heavy atom. The average molecular weight is 496 g/mol. The summed E-state index contributed by atoms with van der Waals surface area (Å²) in [6.45, 7) is 8.33. The number of rotatable bonds is 5. The third-order valence-corrected chi connectivity index (χ3v) is 6.43. The Hall–Kier alpha value is -1.93. The number of aromatic nitrogens is 2. The fraction of sp³-hybridized carbons (Fsp3) is 0.542. The number of halogens is 2. The molecular formula is C24H35Cl2N5O2. The molecule has 1 unspecified atom stereocenters. The molecule has 0 bridgehead atoms. The first-order valence-corrected chi connectivity index (χ1v) is 11.4. The Kier molecular flexibility index (Phi) is 10.8. The third-order valence-electron chi connectivity index (χ3n) is 6.43. The third kappa shape index (κ3) is 7.03. The number of hydrogen-bond acceptors (Lipinski definition) is 5. The number of aryl methyl sites for hydroxylation is 1. The molecule has 0 aromatic carbocycles. The molecule has 2 aliphatic rings. The van der Waals surface area contributed by atoms with Gasteiger partial charge in [0.25, 0.3) is 11.5 Å². The summed E-state index contributed by atoms with van der Waals surface area (Å²) in [7, 11) is 0. The molecule has 1 amide bonds. The first kappa shape index (κ1) is 27.3. The molecule has 2 saturated heterocycles. The lowest BCUT2D eigenvalue weighted by Gasteiger charge is -2.25. The molecule has 2 aliphatic heterocycles. The van der Waals surface area contributed by atoms with E-state index in [1.165, 1.54) is 0 Å². The number of nitrogens with zero attached hydrogens (tertiary/aromatic N) is 4. The minimum Gasteiger partial charge on any atom is -0.337 e. The molecular weight excluding hydrogens is 461 g/mol. The van der Waals surface area contributed by atoms with Crippen LogP contribution in [0.1, 0.15) is 40.9 Å². The van der Waals surface area contributed by atoms with Gasteiger partial charge in [-0.15, -0.1) is 24.8 Å². The largest absolute Gasteiger partial charge is 0.337 e. The van der Waals surface area contributed by atoms with Gasteiger partial charge < -0.3 is 14.8 Å². The van der Waals surface area contributed by atoms with Gasteiger partial charge in [-0.05, 0) is 69.0 Å². The van der Waals surface area contributed by atoms with E-state index in [4.69, 9.17) is 0 Å². The smallest absolute Gasteiger partial charge is 0.263 e. The fourth-order valence-corrected chi connectivity index (χ4v) is 4.64. The quantitative estimate of drug-likeness (QED) is 0.690. The van der Waals surface area contributed by atoms with Crippen LogP contribution in [-0.4, -0.2) is 64.5 Å². The predicted molar refractivity (Wildman–Crippen MR) is 136 cm³/mol. The first-order valence-electron chi connectivity index (χ1n) is 11.4. The predicted octanol–water partition coefficient (Wildman–Crippen LogP) is 2.74. The van der Waals surface area contributed by atoms with Crippen molar-refractivity contribution in [1.29, 1.82) is 0 Å². The van der Waals surface area contributed by atoms with Crippen molar-refractivity contribution >= 4 is 30.7 Å². The second kappa shape index (κ2) is 13.1. The van der Waals surface area contributed by atoms with Crippen molar-refractivity contribution < 1.29 is 4.79 Å². The molecule has 33 heavy (non-hydrogen) atoms. The maximum atomic E-state index is 13.4. The topological polar surface area (TPSA) is 70.5 Å². The van der Waals surface area contributed by atoms with Gasteiger partial charge in [0, 0.05) is 51.7 Å². The van der Waals surface area contributed by atoms with E-state index in [0.717, 1.165) is 63.2 Å². The minimum absolute atomic E-state index is 0. The zero-order valence-corrected chi connectivity index (χ0v) is 20.9. The first-order chi connectivity index (χ1) is 15.1. The van der Waals surface area contributed by atoms with Crippen LogP contribution >= 0.6 is 24.8 Å². The molecule has 0 radical (unpaired) electrons. The van der Waals surface area contributed by atoms with Gasteiger partial charge in [-0.1, -0.05) is 6.07 Å². The van der Waals surface area contributed by atoms with Gasteiger partial charge in [-0.2, -0.15) is 0 Å². The molecule has 182 valence electrons. The summed E-state index contributed by atoms with van der Waals surface area (Å²) in [4.78, 5) is 35.2. The van der Waals surface area contributed by atoms with Crippen molar-refractivity contribution in [2.45, 2.75) is 39.3 Å². The molecule has 0 saturated carbocycles. The normalized spacial score (nSPS) is 19.2. The molecule has 4 rings (SSSR count). The molecule has 0 aliphatic carbocycles. The van der Waals surface area contributed by atoms with Crippen LogP contribution in [0.2, 0.25) is 0 Å². The lowest BCUT2D eigenvalue weighted by Crippen LogP contribution is -2.41. The van der Waals surface area contributed by atoms with Gasteiger partial charge >= 0.3 is 0 Å². The van der Waals surface area contributed by atoms with Gasteiger partial charge in [-0.3, -0.25) is 19.5 Å². The van der Waals surface area contributed by atoms with Crippen molar-refractivity contribution in [3.05, 3.63) is 63.8 Å². The molecule has 2 aromatic heterocycles. The number of carbonyl (C=O) groups excluding carboxylic acids is 1. The second-order valence-electron chi connectivity index (χ2n) is 8.79. The van der Waals surface area contributed by atoms with Crippen LogP contribution in [0, 0.1) is 12.8 Å². The maximum Gasteiger partial charge on any atom is 0.263 e. The highest BCUT2D eigenvalue weighted by atomic mass is 35.5. The van der Waals surface area contributed by atoms with E-state index in [9.17, 15) is 9.59 Å². The molecule has 1 N–H and O–H groups in total. The Labute approximate surface area is 208 Å². The van der Waals surface area contributed by atoms with E-state index in [1.807, 2.05) is 48.5 Å². The SMILES string of the molecule is Cc1ccn(CC2CCCNC2)c(=O)c1C(=O)N1CCCN(Cc2ccccn2)CC1.Cl.Cl. The molecule has 0 spiro atoms. The van der Waals surface area contributed by atoms with Gasteiger partial charge in [0.1, 0.15) is 5.56 Å². The molecule has 7 nitrogen and oxygen atoms in total. The van der Waals surface area contributed by atoms with Crippen LogP contribution in [-0.2, 0) is 13.1 Å². The molecule has 4 heterocycles. The van der Waals surface area contributed by atoms with E-state index in [2.05, 4.69) is 15.2 Å². The van der Waals surface area contributed by atoms with Crippen LogP contribution < -0.4 is 10.9 Å². The van der Waals surface area contributed by atoms with Crippen LogP contribution in [0.4, 0.5) is 0 Å². The molecule has 1 atom stereocenters. The lowest BCUT2D eigenvalue weighted by atomic mass is 9.99. The number of pyridine rings is 2. The van der Waals surface area contributed by atoms with Crippen molar-refractivity contribution in [2.75, 3.05) is 39.3 Å². The highest BCUT2D eigenvalue weighted by Gasteiger charge is 2.25. The lowest BCUT2D eigenvalue weighted by molar-refractivity contribution is 0.0757. The maximum absolute atomic E-state index is 13.4. The standard InChI is InChI=1S/C24H33N5O2.2ClH/c1-19-8-13-29(17-20-6-4-9-25-16-20)24(31)22(19)23(30)28-12-5-11-27(14-15-28)18-21-7-2-3-10-26-21;;/h2-3,7-8,10,13,20,25H,4-6,9,11-12,14-18H2,1H3;2*1H. The Balaban J connectivity index is 0.00000193. The number of carbonyl (C=O) groups is 1. The number of piperidine rings is 1. The Morgan fingerprint density at radius 1 is 1.12 bits per heavy atom. The van der Waals surface area contributed by atoms with Gasteiger partial charge in [0.2, 0.25) is 0 Å². The summed E-state index contributed by atoms with van der Waals surface area (Å²) in [5, 5.41) is 3.40. The van der Waals surface area contributed by atoms with Crippen molar-refractivity contribution in [2.24, 2.45) is 5.92 Å². The van der Waals surface area contributed by atoms with E-state index >= 15 is 0 Å². The monoisotopic (exact) mass is 495 g/mol. The van der Waals surface area contributed by atoms with E-state index in [0.29, 0.717) is 31.1 Å². The van der Waals surface area contributed by atoms with Crippen LogP contribution in [0.15, 0.2) is 41.5 Å². The summed E-state index contributed by atoms with van der Waals surface area (Å²) >= 11 is 0. The van der Waals surface area contributed by atoms with Gasteiger partial charge in [-0.25, -0.2) is 0 Å².